The Balaban J connectivity index is 1.72. The van der Waals surface area contributed by atoms with Gasteiger partial charge in [0.25, 0.3) is 5.91 Å². The largest absolute Gasteiger partial charge is 0.477 e. The SMILES string of the molecule is CCCNC(=O)[C@H]1CN(CC(=O)Nc2cccc(C(F)(F)F)c2)c2ccccc2O1. The number of amides is 2. The number of fused-ring (bicyclic) bond motifs is 1. The van der Waals surface area contributed by atoms with Crippen LogP contribution in [-0.2, 0) is 15.8 Å². The van der Waals surface area contributed by atoms with E-state index in [0.29, 0.717) is 18.0 Å². The molecular formula is C21H22F3N3O3. The van der Waals surface area contributed by atoms with E-state index in [1.807, 2.05) is 6.92 Å². The van der Waals surface area contributed by atoms with Gasteiger partial charge in [0.15, 0.2) is 6.10 Å². The van der Waals surface area contributed by atoms with Crippen LogP contribution in [-0.4, -0.2) is 37.6 Å². The van der Waals surface area contributed by atoms with E-state index in [1.54, 1.807) is 29.2 Å². The highest BCUT2D eigenvalue weighted by atomic mass is 19.4. The number of carbonyl (C=O) groups is 2. The second-order valence-electron chi connectivity index (χ2n) is 6.87. The molecule has 0 bridgehead atoms. The molecule has 2 amide bonds. The fraction of sp³-hybridized carbons (Fsp3) is 0.333. The van der Waals surface area contributed by atoms with Gasteiger partial charge >= 0.3 is 6.18 Å². The third-order valence-corrected chi connectivity index (χ3v) is 4.51. The molecule has 0 aliphatic carbocycles. The van der Waals surface area contributed by atoms with Gasteiger partial charge in [0.05, 0.1) is 24.3 Å². The maximum Gasteiger partial charge on any atom is 0.416 e. The van der Waals surface area contributed by atoms with E-state index in [9.17, 15) is 22.8 Å². The number of anilines is 2. The first-order chi connectivity index (χ1) is 14.3. The molecular weight excluding hydrogens is 399 g/mol. The molecule has 160 valence electrons. The Morgan fingerprint density at radius 3 is 2.67 bits per heavy atom. The van der Waals surface area contributed by atoms with Gasteiger partial charge in [-0.2, -0.15) is 13.2 Å². The minimum atomic E-state index is -4.50. The number of ether oxygens (including phenoxy) is 1. The number of para-hydroxylation sites is 2. The summed E-state index contributed by atoms with van der Waals surface area (Å²) in [5.41, 5.74) is -0.158. The number of alkyl halides is 3. The van der Waals surface area contributed by atoms with Gasteiger partial charge in [0.1, 0.15) is 5.75 Å². The molecule has 3 rings (SSSR count). The Morgan fingerprint density at radius 1 is 1.17 bits per heavy atom. The Labute approximate surface area is 172 Å². The lowest BCUT2D eigenvalue weighted by Crippen LogP contribution is -2.50. The van der Waals surface area contributed by atoms with Crippen molar-refractivity contribution in [2.75, 3.05) is 29.9 Å². The molecule has 0 saturated heterocycles. The van der Waals surface area contributed by atoms with Crippen molar-refractivity contribution in [3.05, 3.63) is 54.1 Å². The quantitative estimate of drug-likeness (QED) is 0.750. The van der Waals surface area contributed by atoms with Gasteiger partial charge in [-0.3, -0.25) is 9.59 Å². The van der Waals surface area contributed by atoms with Crippen molar-refractivity contribution in [1.82, 2.24) is 5.32 Å². The van der Waals surface area contributed by atoms with Crippen molar-refractivity contribution in [2.24, 2.45) is 0 Å². The van der Waals surface area contributed by atoms with Gasteiger partial charge in [-0.05, 0) is 36.8 Å². The van der Waals surface area contributed by atoms with Crippen molar-refractivity contribution < 1.29 is 27.5 Å². The van der Waals surface area contributed by atoms with Crippen LogP contribution >= 0.6 is 0 Å². The number of hydrogen-bond donors (Lipinski definition) is 2. The first kappa shape index (κ1) is 21.5. The number of benzene rings is 2. The molecule has 1 aliphatic rings. The van der Waals surface area contributed by atoms with Gasteiger partial charge < -0.3 is 20.3 Å². The molecule has 0 spiro atoms. The molecule has 0 unspecified atom stereocenters. The number of nitrogens with zero attached hydrogens (tertiary/aromatic N) is 1. The molecule has 0 radical (unpaired) electrons. The van der Waals surface area contributed by atoms with E-state index >= 15 is 0 Å². The number of halogens is 3. The summed E-state index contributed by atoms with van der Waals surface area (Å²) in [6.07, 6.45) is -4.52. The Kier molecular flexibility index (Phi) is 6.49. The number of nitrogens with one attached hydrogen (secondary N) is 2. The van der Waals surface area contributed by atoms with Crippen LogP contribution in [0.2, 0.25) is 0 Å². The fourth-order valence-corrected chi connectivity index (χ4v) is 3.10. The molecule has 0 fully saturated rings. The van der Waals surface area contributed by atoms with Crippen LogP contribution < -0.4 is 20.3 Å². The van der Waals surface area contributed by atoms with E-state index in [1.165, 1.54) is 12.1 Å². The minimum absolute atomic E-state index is 0.0496. The lowest BCUT2D eigenvalue weighted by atomic mass is 10.1. The second-order valence-corrected chi connectivity index (χ2v) is 6.87. The molecule has 9 heteroatoms. The second kappa shape index (κ2) is 9.06. The first-order valence-corrected chi connectivity index (χ1v) is 9.53. The molecule has 2 aromatic carbocycles. The van der Waals surface area contributed by atoms with Crippen LogP contribution in [0.4, 0.5) is 24.5 Å². The number of hydrogen-bond acceptors (Lipinski definition) is 4. The van der Waals surface area contributed by atoms with E-state index in [2.05, 4.69) is 10.6 Å². The van der Waals surface area contributed by atoms with E-state index in [0.717, 1.165) is 18.6 Å². The first-order valence-electron chi connectivity index (χ1n) is 9.53. The maximum atomic E-state index is 12.9. The highest BCUT2D eigenvalue weighted by molar-refractivity contribution is 5.95. The lowest BCUT2D eigenvalue weighted by Gasteiger charge is -2.35. The summed E-state index contributed by atoms with van der Waals surface area (Å²) in [6, 6.07) is 11.4. The molecule has 30 heavy (non-hydrogen) atoms. The molecule has 1 aliphatic heterocycles. The minimum Gasteiger partial charge on any atom is -0.477 e. The molecule has 0 aromatic heterocycles. The summed E-state index contributed by atoms with van der Waals surface area (Å²) in [5.74, 6) is -0.319. The van der Waals surface area contributed by atoms with Crippen molar-refractivity contribution in [1.29, 1.82) is 0 Å². The van der Waals surface area contributed by atoms with E-state index < -0.39 is 23.8 Å². The zero-order valence-corrected chi connectivity index (χ0v) is 16.3. The summed E-state index contributed by atoms with van der Waals surface area (Å²) in [4.78, 5) is 26.6. The Morgan fingerprint density at radius 2 is 1.93 bits per heavy atom. The van der Waals surface area contributed by atoms with Crippen molar-refractivity contribution in [2.45, 2.75) is 25.6 Å². The van der Waals surface area contributed by atoms with E-state index in [4.69, 9.17) is 4.74 Å². The molecule has 1 atom stereocenters. The highest BCUT2D eigenvalue weighted by Crippen LogP contribution is 2.33. The average Bonchev–Trinajstić information content (AvgIpc) is 2.71. The smallest absolute Gasteiger partial charge is 0.416 e. The number of rotatable bonds is 6. The van der Waals surface area contributed by atoms with Crippen molar-refractivity contribution in [3.63, 3.8) is 0 Å². The number of carbonyl (C=O) groups excluding carboxylic acids is 2. The molecule has 2 aromatic rings. The van der Waals surface area contributed by atoms with Crippen LogP contribution in [0.3, 0.4) is 0 Å². The van der Waals surface area contributed by atoms with Crippen LogP contribution in [0.15, 0.2) is 48.5 Å². The summed E-state index contributed by atoms with van der Waals surface area (Å²) in [7, 11) is 0. The summed E-state index contributed by atoms with van der Waals surface area (Å²) in [6.45, 7) is 2.44. The summed E-state index contributed by atoms with van der Waals surface area (Å²) in [5, 5.41) is 5.26. The normalized spacial score (nSPS) is 15.7. The van der Waals surface area contributed by atoms with E-state index in [-0.39, 0.29) is 24.7 Å². The zero-order valence-electron chi connectivity index (χ0n) is 16.3. The predicted molar refractivity (Wildman–Crippen MR) is 106 cm³/mol. The summed E-state index contributed by atoms with van der Waals surface area (Å²) < 4.78 is 44.4. The standard InChI is InChI=1S/C21H22F3N3O3/c1-2-10-25-20(29)18-12-27(16-8-3-4-9-17(16)30-18)13-19(28)26-15-7-5-6-14(11-15)21(22,23)24/h3-9,11,18H,2,10,12-13H2,1H3,(H,25,29)(H,26,28)/t18-/m1/s1. The molecule has 2 N–H and O–H groups in total. The topological polar surface area (TPSA) is 70.7 Å². The molecule has 6 nitrogen and oxygen atoms in total. The fourth-order valence-electron chi connectivity index (χ4n) is 3.10. The van der Waals surface area contributed by atoms with Gasteiger partial charge in [-0.15, -0.1) is 0 Å². The molecule has 1 heterocycles. The van der Waals surface area contributed by atoms with Crippen molar-refractivity contribution >= 4 is 23.2 Å². The van der Waals surface area contributed by atoms with Gasteiger partial charge in [-0.1, -0.05) is 25.1 Å². The van der Waals surface area contributed by atoms with Crippen LogP contribution in [0.1, 0.15) is 18.9 Å². The summed E-state index contributed by atoms with van der Waals surface area (Å²) >= 11 is 0. The third-order valence-electron chi connectivity index (χ3n) is 4.51. The maximum absolute atomic E-state index is 12.9. The Hall–Kier alpha value is -3.23. The lowest BCUT2D eigenvalue weighted by molar-refractivity contribution is -0.137. The zero-order chi connectivity index (χ0) is 21.7. The van der Waals surface area contributed by atoms with Crippen LogP contribution in [0, 0.1) is 0 Å². The van der Waals surface area contributed by atoms with Crippen LogP contribution in [0.5, 0.6) is 5.75 Å². The molecule has 0 saturated carbocycles. The Bertz CT molecular complexity index is 918. The highest BCUT2D eigenvalue weighted by Gasteiger charge is 2.32. The van der Waals surface area contributed by atoms with Gasteiger partial charge in [0, 0.05) is 12.2 Å². The third kappa shape index (κ3) is 5.22. The van der Waals surface area contributed by atoms with Gasteiger partial charge in [-0.25, -0.2) is 0 Å². The average molecular weight is 421 g/mol. The van der Waals surface area contributed by atoms with Gasteiger partial charge in [0.2, 0.25) is 5.91 Å². The van der Waals surface area contributed by atoms with Crippen molar-refractivity contribution in [3.8, 4) is 5.75 Å². The van der Waals surface area contributed by atoms with Crippen LogP contribution in [0.25, 0.3) is 0 Å². The monoisotopic (exact) mass is 421 g/mol. The predicted octanol–water partition coefficient (Wildman–Crippen LogP) is 3.44.